The molecule has 0 aliphatic rings. The van der Waals surface area contributed by atoms with Crippen molar-refractivity contribution in [3.8, 4) is 5.75 Å². The van der Waals surface area contributed by atoms with E-state index in [4.69, 9.17) is 10.1 Å². The van der Waals surface area contributed by atoms with E-state index < -0.39 is 0 Å². The maximum atomic E-state index is 8.50. The Morgan fingerprint density at radius 3 is 2.29 bits per heavy atom. The lowest BCUT2D eigenvalue weighted by atomic mass is 10.2. The summed E-state index contributed by atoms with van der Waals surface area (Å²) in [5, 5.41) is 8.50. The highest BCUT2D eigenvalue weighted by Crippen LogP contribution is 2.18. The Morgan fingerprint density at radius 2 is 1.62 bits per heavy atom. The molecule has 0 saturated carbocycles. The molecule has 0 radical (unpaired) electrons. The minimum Gasteiger partial charge on any atom is -0.491 e. The predicted octanol–water partition coefficient (Wildman–Crippen LogP) is 4.47. The first-order valence-corrected chi connectivity index (χ1v) is 8.02. The Kier molecular flexibility index (Phi) is 5.89. The SMILES string of the molecule is Br.Cc1ccccc1OCCn1c(=N)n(C(C)C)c2ccccc21. The van der Waals surface area contributed by atoms with Gasteiger partial charge in [-0.1, -0.05) is 30.3 Å². The minimum absolute atomic E-state index is 0. The molecule has 5 heteroatoms. The standard InChI is InChI=1S/C19H23N3O.BrH/c1-14(2)22-17-10-6-5-9-16(17)21(19(22)20)12-13-23-18-11-7-4-8-15(18)3;/h4-11,14,20H,12-13H2,1-3H3;1H. The normalized spacial score (nSPS) is 10.8. The molecule has 0 unspecified atom stereocenters. The summed E-state index contributed by atoms with van der Waals surface area (Å²) in [5.74, 6) is 0.909. The topological polar surface area (TPSA) is 42.9 Å². The van der Waals surface area contributed by atoms with Gasteiger partial charge in [-0.15, -0.1) is 17.0 Å². The molecule has 4 nitrogen and oxygen atoms in total. The second-order valence-electron chi connectivity index (χ2n) is 6.04. The Bertz CT molecular complexity index is 880. The fourth-order valence-corrected chi connectivity index (χ4v) is 2.97. The van der Waals surface area contributed by atoms with E-state index in [0.717, 1.165) is 22.3 Å². The zero-order valence-corrected chi connectivity index (χ0v) is 16.0. The van der Waals surface area contributed by atoms with Gasteiger partial charge in [-0.2, -0.15) is 0 Å². The van der Waals surface area contributed by atoms with Crippen LogP contribution in [0.5, 0.6) is 5.75 Å². The van der Waals surface area contributed by atoms with Gasteiger partial charge in [0.15, 0.2) is 0 Å². The molecular formula is C19H24BrN3O. The summed E-state index contributed by atoms with van der Waals surface area (Å²) in [4.78, 5) is 0. The van der Waals surface area contributed by atoms with Gasteiger partial charge in [-0.05, 0) is 44.5 Å². The lowest BCUT2D eigenvalue weighted by molar-refractivity contribution is 0.294. The van der Waals surface area contributed by atoms with E-state index in [1.807, 2.05) is 47.9 Å². The first kappa shape index (κ1) is 18.3. The lowest BCUT2D eigenvalue weighted by Crippen LogP contribution is -2.27. The van der Waals surface area contributed by atoms with E-state index in [9.17, 15) is 0 Å². The molecule has 0 fully saturated rings. The average molecular weight is 390 g/mol. The van der Waals surface area contributed by atoms with Crippen LogP contribution >= 0.6 is 17.0 Å². The van der Waals surface area contributed by atoms with Gasteiger partial charge in [-0.3, -0.25) is 5.41 Å². The lowest BCUT2D eigenvalue weighted by Gasteiger charge is -2.10. The van der Waals surface area contributed by atoms with Crippen molar-refractivity contribution in [3.63, 3.8) is 0 Å². The number of aryl methyl sites for hydroxylation is 1. The van der Waals surface area contributed by atoms with Crippen LogP contribution in [0.25, 0.3) is 11.0 Å². The van der Waals surface area contributed by atoms with Crippen LogP contribution in [0.1, 0.15) is 25.5 Å². The summed E-state index contributed by atoms with van der Waals surface area (Å²) >= 11 is 0. The number of nitrogens with one attached hydrogen (secondary N) is 1. The molecule has 0 bridgehead atoms. The number of nitrogens with zero attached hydrogens (tertiary/aromatic N) is 2. The molecule has 3 aromatic rings. The monoisotopic (exact) mass is 389 g/mol. The van der Waals surface area contributed by atoms with Gasteiger partial charge in [0, 0.05) is 6.04 Å². The largest absolute Gasteiger partial charge is 0.491 e. The van der Waals surface area contributed by atoms with Crippen molar-refractivity contribution in [1.29, 1.82) is 5.41 Å². The Hall–Kier alpha value is -2.01. The fraction of sp³-hybridized carbons (Fsp3) is 0.316. The molecule has 1 heterocycles. The molecule has 0 spiro atoms. The van der Waals surface area contributed by atoms with Crippen molar-refractivity contribution in [1.82, 2.24) is 9.13 Å². The number of hydrogen-bond acceptors (Lipinski definition) is 2. The number of para-hydroxylation sites is 3. The Morgan fingerprint density at radius 1 is 1.00 bits per heavy atom. The third-order valence-corrected chi connectivity index (χ3v) is 4.10. The molecule has 0 atom stereocenters. The van der Waals surface area contributed by atoms with Gasteiger partial charge >= 0.3 is 0 Å². The summed E-state index contributed by atoms with van der Waals surface area (Å²) in [5.41, 5.74) is 3.84. The number of hydrogen-bond donors (Lipinski definition) is 1. The van der Waals surface area contributed by atoms with Crippen LogP contribution in [0.3, 0.4) is 0 Å². The number of benzene rings is 2. The summed E-state index contributed by atoms with van der Waals surface area (Å²) in [6.45, 7) is 7.47. The molecule has 0 aliphatic heterocycles. The van der Waals surface area contributed by atoms with Crippen molar-refractivity contribution in [2.24, 2.45) is 0 Å². The van der Waals surface area contributed by atoms with Crippen molar-refractivity contribution in [2.75, 3.05) is 6.61 Å². The van der Waals surface area contributed by atoms with E-state index in [-0.39, 0.29) is 23.0 Å². The van der Waals surface area contributed by atoms with Crippen LogP contribution in [-0.2, 0) is 6.54 Å². The first-order chi connectivity index (χ1) is 11.1. The molecule has 0 aliphatic carbocycles. The van der Waals surface area contributed by atoms with E-state index in [1.54, 1.807) is 0 Å². The maximum Gasteiger partial charge on any atom is 0.203 e. The molecule has 128 valence electrons. The van der Waals surface area contributed by atoms with Crippen LogP contribution in [-0.4, -0.2) is 15.7 Å². The second-order valence-corrected chi connectivity index (χ2v) is 6.04. The van der Waals surface area contributed by atoms with Crippen molar-refractivity contribution in [2.45, 2.75) is 33.4 Å². The first-order valence-electron chi connectivity index (χ1n) is 8.02. The Labute approximate surface area is 153 Å². The molecule has 1 aromatic heterocycles. The average Bonchev–Trinajstić information content (AvgIpc) is 2.81. The molecule has 2 aromatic carbocycles. The molecular weight excluding hydrogens is 366 g/mol. The summed E-state index contributed by atoms with van der Waals surface area (Å²) in [7, 11) is 0. The maximum absolute atomic E-state index is 8.50. The molecule has 0 saturated heterocycles. The Balaban J connectivity index is 0.00000208. The van der Waals surface area contributed by atoms with E-state index in [1.165, 1.54) is 0 Å². The minimum atomic E-state index is 0. The fourth-order valence-electron chi connectivity index (χ4n) is 2.97. The summed E-state index contributed by atoms with van der Waals surface area (Å²) in [6.07, 6.45) is 0. The quantitative estimate of drug-likeness (QED) is 0.687. The highest BCUT2D eigenvalue weighted by Gasteiger charge is 2.12. The van der Waals surface area contributed by atoms with Gasteiger partial charge in [0.2, 0.25) is 5.62 Å². The van der Waals surface area contributed by atoms with E-state index in [0.29, 0.717) is 18.8 Å². The van der Waals surface area contributed by atoms with Crippen molar-refractivity contribution >= 4 is 28.0 Å². The van der Waals surface area contributed by atoms with Gasteiger partial charge in [-0.25, -0.2) is 0 Å². The van der Waals surface area contributed by atoms with Crippen molar-refractivity contribution < 1.29 is 4.74 Å². The number of fused-ring (bicyclic) bond motifs is 1. The smallest absolute Gasteiger partial charge is 0.203 e. The van der Waals surface area contributed by atoms with Gasteiger partial charge in [0.05, 0.1) is 17.6 Å². The second kappa shape index (κ2) is 7.71. The highest BCUT2D eigenvalue weighted by atomic mass is 79.9. The summed E-state index contributed by atoms with van der Waals surface area (Å²) < 4.78 is 9.98. The third kappa shape index (κ3) is 3.41. The van der Waals surface area contributed by atoms with Gasteiger partial charge in [0.25, 0.3) is 0 Å². The van der Waals surface area contributed by atoms with E-state index in [2.05, 4.69) is 30.5 Å². The van der Waals surface area contributed by atoms with Crippen LogP contribution in [0.2, 0.25) is 0 Å². The molecule has 3 rings (SSSR count). The van der Waals surface area contributed by atoms with Crippen LogP contribution in [0.4, 0.5) is 0 Å². The zero-order chi connectivity index (χ0) is 16.4. The van der Waals surface area contributed by atoms with Crippen LogP contribution in [0, 0.1) is 12.3 Å². The molecule has 24 heavy (non-hydrogen) atoms. The zero-order valence-electron chi connectivity index (χ0n) is 14.3. The van der Waals surface area contributed by atoms with Crippen molar-refractivity contribution in [3.05, 3.63) is 59.7 Å². The van der Waals surface area contributed by atoms with Crippen LogP contribution < -0.4 is 10.4 Å². The number of rotatable bonds is 5. The number of aromatic nitrogens is 2. The molecule has 1 N–H and O–H groups in total. The van der Waals surface area contributed by atoms with E-state index >= 15 is 0 Å². The third-order valence-electron chi connectivity index (χ3n) is 4.10. The summed E-state index contributed by atoms with van der Waals surface area (Å²) in [6, 6.07) is 16.5. The predicted molar refractivity (Wildman–Crippen MR) is 103 cm³/mol. The van der Waals surface area contributed by atoms with Gasteiger partial charge in [0.1, 0.15) is 12.4 Å². The van der Waals surface area contributed by atoms with Gasteiger partial charge < -0.3 is 13.9 Å². The number of imidazole rings is 1. The number of halogens is 1. The highest BCUT2D eigenvalue weighted by molar-refractivity contribution is 8.93. The number of ether oxygens (including phenoxy) is 1. The molecule has 0 amide bonds. The van der Waals surface area contributed by atoms with Crippen LogP contribution in [0.15, 0.2) is 48.5 Å².